The van der Waals surface area contributed by atoms with Crippen LogP contribution in [-0.2, 0) is 19.1 Å². The van der Waals surface area contributed by atoms with Gasteiger partial charge in [0.15, 0.2) is 11.5 Å². The quantitative estimate of drug-likeness (QED) is 0.151. The Morgan fingerprint density at radius 1 is 0.805 bits per heavy atom. The second-order valence-electron chi connectivity index (χ2n) is 10.2. The number of esters is 2. The Bertz CT molecular complexity index is 1170. The summed E-state index contributed by atoms with van der Waals surface area (Å²) in [5.74, 6) is -3.58. The number of carboxylic acids is 1. The van der Waals surface area contributed by atoms with Crippen LogP contribution in [0.2, 0.25) is 0 Å². The predicted octanol–water partition coefficient (Wildman–Crippen LogP) is 5.86. The zero-order valence-electron chi connectivity index (χ0n) is 24.3. The van der Waals surface area contributed by atoms with Crippen LogP contribution in [0.5, 0.6) is 17.2 Å². The summed E-state index contributed by atoms with van der Waals surface area (Å²) in [6.07, 6.45) is 1.07. The molecule has 0 aliphatic rings. The van der Waals surface area contributed by atoms with Gasteiger partial charge in [0.05, 0.1) is 11.8 Å². The molecule has 4 unspecified atom stereocenters. The number of carbonyl (C=O) groups excluding carboxylic acids is 3. The third-order valence-corrected chi connectivity index (χ3v) is 6.61. The van der Waals surface area contributed by atoms with E-state index in [4.69, 9.17) is 24.7 Å². The van der Waals surface area contributed by atoms with Gasteiger partial charge in [-0.25, -0.2) is 4.79 Å². The van der Waals surface area contributed by atoms with Crippen molar-refractivity contribution in [1.82, 2.24) is 0 Å². The van der Waals surface area contributed by atoms with Crippen LogP contribution in [0.15, 0.2) is 48.5 Å². The molecule has 41 heavy (non-hydrogen) atoms. The number of hydrogen-bond acceptors (Lipinski definition) is 9. The topological polar surface area (TPSA) is 151 Å². The number of aliphatic carboxylic acids is 1. The van der Waals surface area contributed by atoms with Crippen LogP contribution >= 0.6 is 0 Å². The van der Waals surface area contributed by atoms with Crippen LogP contribution in [0.3, 0.4) is 0 Å². The molecule has 0 aliphatic carbocycles. The van der Waals surface area contributed by atoms with Crippen molar-refractivity contribution in [1.29, 1.82) is 0 Å². The molecule has 5 atom stereocenters. The van der Waals surface area contributed by atoms with Crippen LogP contribution in [-0.4, -0.2) is 41.3 Å². The van der Waals surface area contributed by atoms with Gasteiger partial charge < -0.3 is 29.8 Å². The summed E-state index contributed by atoms with van der Waals surface area (Å²) < 4.78 is 21.8. The molecule has 2 aromatic rings. The van der Waals surface area contributed by atoms with Crippen molar-refractivity contribution >= 4 is 24.1 Å². The smallest absolute Gasteiger partial charge is 0.480 e. The van der Waals surface area contributed by atoms with Crippen LogP contribution in [0.25, 0.3) is 0 Å². The molecule has 10 heteroatoms. The first kappa shape index (κ1) is 33.3. The normalized spacial score (nSPS) is 14.6. The zero-order valence-corrected chi connectivity index (χ0v) is 24.3. The van der Waals surface area contributed by atoms with Gasteiger partial charge in [-0.3, -0.25) is 14.4 Å². The number of nitrogens with two attached hydrogens (primary N) is 1. The first-order valence-corrected chi connectivity index (χ1v) is 14.0. The van der Waals surface area contributed by atoms with E-state index in [1.54, 1.807) is 57.2 Å². The van der Waals surface area contributed by atoms with E-state index in [0.717, 1.165) is 12.8 Å². The maximum Gasteiger partial charge on any atom is 0.514 e. The minimum Gasteiger partial charge on any atom is -0.480 e. The van der Waals surface area contributed by atoms with Crippen molar-refractivity contribution in [3.8, 4) is 17.2 Å². The Morgan fingerprint density at radius 3 is 1.90 bits per heavy atom. The van der Waals surface area contributed by atoms with Gasteiger partial charge in [-0.2, -0.15) is 0 Å². The predicted molar refractivity (Wildman–Crippen MR) is 152 cm³/mol. The van der Waals surface area contributed by atoms with Crippen molar-refractivity contribution in [3.05, 3.63) is 54.1 Å². The second kappa shape index (κ2) is 16.4. The Kier molecular flexibility index (Phi) is 13.3. The van der Waals surface area contributed by atoms with Gasteiger partial charge in [-0.05, 0) is 56.0 Å². The summed E-state index contributed by atoms with van der Waals surface area (Å²) in [6.45, 7) is 8.98. The minimum absolute atomic E-state index is 0.0175. The maximum absolute atomic E-state index is 12.8. The molecule has 0 heterocycles. The molecule has 224 valence electrons. The molecule has 2 aromatic carbocycles. The summed E-state index contributed by atoms with van der Waals surface area (Å²) in [7, 11) is 0. The number of para-hydroxylation sites is 1. The van der Waals surface area contributed by atoms with Crippen molar-refractivity contribution in [2.24, 2.45) is 17.6 Å². The lowest BCUT2D eigenvalue weighted by molar-refractivity contribution is -0.141. The first-order chi connectivity index (χ1) is 19.5. The summed E-state index contributed by atoms with van der Waals surface area (Å²) in [4.78, 5) is 49.7. The third-order valence-electron chi connectivity index (χ3n) is 6.61. The first-order valence-electron chi connectivity index (χ1n) is 14.0. The summed E-state index contributed by atoms with van der Waals surface area (Å²) in [5.41, 5.74) is 6.46. The third kappa shape index (κ3) is 10.5. The highest BCUT2D eigenvalue weighted by Crippen LogP contribution is 2.35. The molecule has 0 saturated heterocycles. The fourth-order valence-electron chi connectivity index (χ4n) is 4.28. The van der Waals surface area contributed by atoms with Gasteiger partial charge in [0, 0.05) is 5.92 Å². The maximum atomic E-state index is 12.8. The molecule has 0 fully saturated rings. The number of hydrogen-bond donors (Lipinski definition) is 2. The largest absolute Gasteiger partial charge is 0.514 e. The average molecular weight is 572 g/mol. The molecule has 0 saturated carbocycles. The lowest BCUT2D eigenvalue weighted by atomic mass is 9.87. The molecule has 0 amide bonds. The molecular formula is C31H41NO9. The molecule has 2 rings (SSSR count). The average Bonchev–Trinajstić information content (AvgIpc) is 2.92. The molecule has 0 radical (unpaired) electrons. The van der Waals surface area contributed by atoms with Crippen molar-refractivity contribution in [2.45, 2.75) is 84.8 Å². The van der Waals surface area contributed by atoms with Gasteiger partial charge in [-0.1, -0.05) is 64.8 Å². The summed E-state index contributed by atoms with van der Waals surface area (Å²) >= 11 is 0. The SMILES string of the molecule is CCCC(C)C(=O)Oc1ccc(C(CC(C)OC(=O)Oc2ccccc2)[C@H](N)C(=O)O)cc1OC(=O)C(C)CCC. The second-order valence-corrected chi connectivity index (χ2v) is 10.2. The lowest BCUT2D eigenvalue weighted by Crippen LogP contribution is -2.38. The van der Waals surface area contributed by atoms with E-state index >= 15 is 0 Å². The number of carbonyl (C=O) groups is 4. The fourth-order valence-corrected chi connectivity index (χ4v) is 4.28. The Hall–Kier alpha value is -3.92. The standard InChI is InChI=1S/C31H41NO9/c1-6-11-19(3)29(35)40-25-16-15-22(18-26(25)41-30(36)20(4)12-7-2)24(27(32)28(33)34)17-21(5)38-31(37)39-23-13-9-8-10-14-23/h8-10,13-16,18-21,24,27H,6-7,11-12,17,32H2,1-5H3,(H,33,34)/t19?,20?,21?,24?,27-/m0/s1. The van der Waals surface area contributed by atoms with Gasteiger partial charge in [-0.15, -0.1) is 0 Å². The van der Waals surface area contributed by atoms with Gasteiger partial charge in [0.25, 0.3) is 0 Å². The van der Waals surface area contributed by atoms with Crippen molar-refractivity contribution in [3.63, 3.8) is 0 Å². The Morgan fingerprint density at radius 2 is 1.37 bits per heavy atom. The highest BCUT2D eigenvalue weighted by molar-refractivity contribution is 5.79. The highest BCUT2D eigenvalue weighted by Gasteiger charge is 2.31. The Balaban J connectivity index is 2.35. The summed E-state index contributed by atoms with van der Waals surface area (Å²) in [5, 5.41) is 9.72. The zero-order chi connectivity index (χ0) is 30.5. The van der Waals surface area contributed by atoms with Gasteiger partial charge in [0.1, 0.15) is 17.9 Å². The monoisotopic (exact) mass is 571 g/mol. The molecular weight excluding hydrogens is 530 g/mol. The van der Waals surface area contributed by atoms with Crippen LogP contribution in [0.1, 0.15) is 78.2 Å². The van der Waals surface area contributed by atoms with Crippen LogP contribution < -0.4 is 19.9 Å². The van der Waals surface area contributed by atoms with Crippen molar-refractivity contribution < 1.29 is 43.2 Å². The van der Waals surface area contributed by atoms with Crippen LogP contribution in [0.4, 0.5) is 4.79 Å². The molecule has 0 bridgehead atoms. The lowest BCUT2D eigenvalue weighted by Gasteiger charge is -2.25. The van der Waals surface area contributed by atoms with E-state index in [-0.39, 0.29) is 23.8 Å². The molecule has 10 nitrogen and oxygen atoms in total. The van der Waals surface area contributed by atoms with E-state index in [2.05, 4.69) is 0 Å². The molecule has 0 spiro atoms. The number of rotatable bonds is 15. The van der Waals surface area contributed by atoms with E-state index in [1.165, 1.54) is 12.1 Å². The highest BCUT2D eigenvalue weighted by atomic mass is 16.7. The molecule has 0 aliphatic heterocycles. The number of benzene rings is 2. The van der Waals surface area contributed by atoms with E-state index in [9.17, 15) is 24.3 Å². The minimum atomic E-state index is -1.38. The molecule has 0 aromatic heterocycles. The van der Waals surface area contributed by atoms with Gasteiger partial charge in [0.2, 0.25) is 0 Å². The molecule has 3 N–H and O–H groups in total. The number of carboxylic acid groups (broad SMARTS) is 1. The van der Waals surface area contributed by atoms with Crippen molar-refractivity contribution in [2.75, 3.05) is 0 Å². The number of ether oxygens (including phenoxy) is 4. The van der Waals surface area contributed by atoms with Gasteiger partial charge >= 0.3 is 24.1 Å². The fraction of sp³-hybridized carbons (Fsp3) is 0.484. The van der Waals surface area contributed by atoms with Crippen LogP contribution in [0, 0.1) is 11.8 Å². The van der Waals surface area contributed by atoms with E-state index in [0.29, 0.717) is 24.2 Å². The van der Waals surface area contributed by atoms with E-state index in [1.807, 2.05) is 13.8 Å². The summed E-state index contributed by atoms with van der Waals surface area (Å²) in [6, 6.07) is 11.4. The Labute approximate surface area is 241 Å². The van der Waals surface area contributed by atoms with E-state index < -0.39 is 48.0 Å².